The summed E-state index contributed by atoms with van der Waals surface area (Å²) < 4.78 is 32.1. The Bertz CT molecular complexity index is 498. The molecule has 3 nitrogen and oxygen atoms in total. The Labute approximate surface area is 111 Å². The van der Waals surface area contributed by atoms with Crippen LogP contribution >= 0.6 is 0 Å². The summed E-state index contributed by atoms with van der Waals surface area (Å²) in [7, 11) is 4.81. The zero-order chi connectivity index (χ0) is 14.2. The van der Waals surface area contributed by atoms with Crippen molar-refractivity contribution in [2.24, 2.45) is 5.41 Å². The van der Waals surface area contributed by atoms with Gasteiger partial charge in [-0.1, -0.05) is 0 Å². The first-order valence-corrected chi connectivity index (χ1v) is 6.12. The lowest BCUT2D eigenvalue weighted by Crippen LogP contribution is -2.35. The molecule has 1 aromatic rings. The maximum Gasteiger partial charge on any atom is 0.313 e. The van der Waals surface area contributed by atoms with Crippen LogP contribution in [0.1, 0.15) is 24.4 Å². The Morgan fingerprint density at radius 1 is 1.37 bits per heavy atom. The van der Waals surface area contributed by atoms with Gasteiger partial charge < -0.3 is 9.64 Å². The molecule has 2 rings (SSSR count). The highest BCUT2D eigenvalue weighted by Gasteiger charge is 2.58. The van der Waals surface area contributed by atoms with E-state index in [-0.39, 0.29) is 11.5 Å². The second-order valence-corrected chi connectivity index (χ2v) is 5.18. The molecule has 5 heteroatoms. The number of hydrogen-bond donors (Lipinski definition) is 0. The third-order valence-electron chi connectivity index (χ3n) is 3.67. The summed E-state index contributed by atoms with van der Waals surface area (Å²) in [6.45, 7) is 0. The van der Waals surface area contributed by atoms with Gasteiger partial charge in [-0.15, -0.1) is 0 Å². The molecule has 0 amide bonds. The van der Waals surface area contributed by atoms with Crippen LogP contribution < -0.4 is 0 Å². The van der Waals surface area contributed by atoms with Crippen molar-refractivity contribution in [3.63, 3.8) is 0 Å². The van der Waals surface area contributed by atoms with E-state index < -0.39 is 23.1 Å². The number of halogens is 2. The standard InChI is InChI=1S/C14H17F2NO2/c1-17(2)12(14(6-7-14)13(18)19-3)10-8-9(15)4-5-11(10)16/h4-5,8,12H,6-7H2,1-3H3. The molecule has 1 aromatic carbocycles. The van der Waals surface area contributed by atoms with Crippen molar-refractivity contribution in [2.45, 2.75) is 18.9 Å². The second-order valence-electron chi connectivity index (χ2n) is 5.18. The topological polar surface area (TPSA) is 29.5 Å². The van der Waals surface area contributed by atoms with Crippen molar-refractivity contribution in [1.29, 1.82) is 0 Å². The fourth-order valence-electron chi connectivity index (χ4n) is 2.72. The van der Waals surface area contributed by atoms with Crippen molar-refractivity contribution in [2.75, 3.05) is 21.2 Å². The number of carbonyl (C=O) groups is 1. The van der Waals surface area contributed by atoms with Gasteiger partial charge in [-0.3, -0.25) is 4.79 Å². The van der Waals surface area contributed by atoms with E-state index in [1.54, 1.807) is 19.0 Å². The van der Waals surface area contributed by atoms with E-state index in [9.17, 15) is 13.6 Å². The molecule has 0 aromatic heterocycles. The molecular weight excluding hydrogens is 252 g/mol. The third-order valence-corrected chi connectivity index (χ3v) is 3.67. The smallest absolute Gasteiger partial charge is 0.313 e. The fraction of sp³-hybridized carbons (Fsp3) is 0.500. The largest absolute Gasteiger partial charge is 0.469 e. The van der Waals surface area contributed by atoms with Crippen LogP contribution in [0.15, 0.2) is 18.2 Å². The van der Waals surface area contributed by atoms with Crippen molar-refractivity contribution < 1.29 is 18.3 Å². The van der Waals surface area contributed by atoms with Crippen LogP contribution in [0.2, 0.25) is 0 Å². The third kappa shape index (κ3) is 2.34. The molecule has 1 atom stereocenters. The lowest BCUT2D eigenvalue weighted by molar-refractivity contribution is -0.150. The van der Waals surface area contributed by atoms with E-state index in [0.717, 1.165) is 18.2 Å². The molecule has 1 fully saturated rings. The first kappa shape index (κ1) is 13.9. The van der Waals surface area contributed by atoms with Gasteiger partial charge in [0.1, 0.15) is 11.6 Å². The SMILES string of the molecule is COC(=O)C1(C(c2cc(F)ccc2F)N(C)C)CC1. The molecule has 0 bridgehead atoms. The van der Waals surface area contributed by atoms with E-state index in [4.69, 9.17) is 4.74 Å². The molecule has 1 saturated carbocycles. The predicted molar refractivity (Wildman–Crippen MR) is 66.5 cm³/mol. The van der Waals surface area contributed by atoms with Gasteiger partial charge in [-0.25, -0.2) is 8.78 Å². The van der Waals surface area contributed by atoms with E-state index in [1.165, 1.54) is 7.11 Å². The Kier molecular flexibility index (Phi) is 3.58. The van der Waals surface area contributed by atoms with Crippen molar-refractivity contribution >= 4 is 5.97 Å². The maximum absolute atomic E-state index is 14.0. The van der Waals surface area contributed by atoms with Crippen molar-refractivity contribution in [3.05, 3.63) is 35.4 Å². The first-order chi connectivity index (χ1) is 8.92. The molecule has 1 aliphatic carbocycles. The maximum atomic E-state index is 14.0. The zero-order valence-corrected chi connectivity index (χ0v) is 11.2. The summed E-state index contributed by atoms with van der Waals surface area (Å²) in [4.78, 5) is 13.7. The minimum absolute atomic E-state index is 0.202. The van der Waals surface area contributed by atoms with Gasteiger partial charge in [0.05, 0.1) is 18.6 Å². The minimum Gasteiger partial charge on any atom is -0.469 e. The average Bonchev–Trinajstić information content (AvgIpc) is 3.14. The Balaban J connectivity index is 2.47. The summed E-state index contributed by atoms with van der Waals surface area (Å²) in [5, 5.41) is 0. The summed E-state index contributed by atoms with van der Waals surface area (Å²) in [5.74, 6) is -1.38. The van der Waals surface area contributed by atoms with Gasteiger partial charge in [0.25, 0.3) is 0 Å². The van der Waals surface area contributed by atoms with Crippen LogP contribution in [0.4, 0.5) is 8.78 Å². The van der Waals surface area contributed by atoms with E-state index >= 15 is 0 Å². The Morgan fingerprint density at radius 3 is 2.47 bits per heavy atom. The number of methoxy groups -OCH3 is 1. The number of hydrogen-bond acceptors (Lipinski definition) is 3. The molecule has 0 N–H and O–H groups in total. The van der Waals surface area contributed by atoms with Crippen LogP contribution in [0, 0.1) is 17.0 Å². The number of rotatable bonds is 4. The molecule has 104 valence electrons. The summed E-state index contributed by atoms with van der Waals surface area (Å²) in [5.41, 5.74) is -0.555. The molecule has 1 unspecified atom stereocenters. The van der Waals surface area contributed by atoms with Crippen LogP contribution in [-0.4, -0.2) is 32.1 Å². The number of esters is 1. The van der Waals surface area contributed by atoms with Crippen LogP contribution in [0.5, 0.6) is 0 Å². The van der Waals surface area contributed by atoms with E-state index in [1.807, 2.05) is 0 Å². The number of ether oxygens (including phenoxy) is 1. The Morgan fingerprint density at radius 2 is 2.00 bits per heavy atom. The van der Waals surface area contributed by atoms with Gasteiger partial charge >= 0.3 is 5.97 Å². The van der Waals surface area contributed by atoms with E-state index in [0.29, 0.717) is 12.8 Å². The highest BCUT2D eigenvalue weighted by atomic mass is 19.1. The predicted octanol–water partition coefficient (Wildman–Crippen LogP) is 2.52. The van der Waals surface area contributed by atoms with Gasteiger partial charge in [0.2, 0.25) is 0 Å². The van der Waals surface area contributed by atoms with Gasteiger partial charge in [0.15, 0.2) is 0 Å². The van der Waals surface area contributed by atoms with E-state index in [2.05, 4.69) is 0 Å². The van der Waals surface area contributed by atoms with Crippen molar-refractivity contribution in [3.8, 4) is 0 Å². The normalized spacial score (nSPS) is 18.2. The summed E-state index contributed by atoms with van der Waals surface area (Å²) in [6.07, 6.45) is 1.25. The number of carbonyl (C=O) groups excluding carboxylic acids is 1. The average molecular weight is 269 g/mol. The minimum atomic E-state index is -0.757. The Hall–Kier alpha value is -1.49. The second kappa shape index (κ2) is 4.89. The quantitative estimate of drug-likeness (QED) is 0.787. The monoisotopic (exact) mass is 269 g/mol. The highest BCUT2D eigenvalue weighted by molar-refractivity contribution is 5.81. The fourth-order valence-corrected chi connectivity index (χ4v) is 2.72. The van der Waals surface area contributed by atoms with Gasteiger partial charge in [-0.05, 0) is 45.1 Å². The molecule has 0 radical (unpaired) electrons. The van der Waals surface area contributed by atoms with Crippen LogP contribution in [0.25, 0.3) is 0 Å². The molecule has 19 heavy (non-hydrogen) atoms. The highest BCUT2D eigenvalue weighted by Crippen LogP contribution is 2.57. The molecule has 0 spiro atoms. The summed E-state index contributed by atoms with van der Waals surface area (Å²) >= 11 is 0. The molecule has 0 heterocycles. The van der Waals surface area contributed by atoms with Crippen LogP contribution in [-0.2, 0) is 9.53 Å². The summed E-state index contributed by atoms with van der Waals surface area (Å²) in [6, 6.07) is 2.80. The molecule has 1 aliphatic rings. The first-order valence-electron chi connectivity index (χ1n) is 6.12. The molecular formula is C14H17F2NO2. The van der Waals surface area contributed by atoms with Crippen LogP contribution in [0.3, 0.4) is 0 Å². The number of nitrogens with zero attached hydrogens (tertiary/aromatic N) is 1. The number of benzene rings is 1. The zero-order valence-electron chi connectivity index (χ0n) is 11.2. The lowest BCUT2D eigenvalue weighted by atomic mass is 9.88. The molecule has 0 aliphatic heterocycles. The van der Waals surface area contributed by atoms with Crippen molar-refractivity contribution in [1.82, 2.24) is 4.90 Å². The van der Waals surface area contributed by atoms with Gasteiger partial charge in [0, 0.05) is 5.56 Å². The molecule has 0 saturated heterocycles. The lowest BCUT2D eigenvalue weighted by Gasteiger charge is -2.31. The van der Waals surface area contributed by atoms with Gasteiger partial charge in [-0.2, -0.15) is 0 Å².